The Morgan fingerprint density at radius 3 is 2.56 bits per heavy atom. The van der Waals surface area contributed by atoms with Crippen molar-refractivity contribution >= 4 is 0 Å². The van der Waals surface area contributed by atoms with Crippen LogP contribution in [0.4, 0.5) is 0 Å². The van der Waals surface area contributed by atoms with E-state index in [1.54, 1.807) is 12.4 Å². The molecule has 1 fully saturated rings. The number of nitriles is 1. The Bertz CT molecular complexity index is 373. The molecular weight excluding hydrogens is 200 g/mol. The summed E-state index contributed by atoms with van der Waals surface area (Å²) in [5.41, 5.74) is 0.861. The fourth-order valence-electron chi connectivity index (χ4n) is 2.09. The average Bonchev–Trinajstić information content (AvgIpc) is 2.80. The third-order valence-corrected chi connectivity index (χ3v) is 3.02. The van der Waals surface area contributed by atoms with Gasteiger partial charge in [0.1, 0.15) is 11.9 Å². The summed E-state index contributed by atoms with van der Waals surface area (Å²) < 4.78 is 0. The Morgan fingerprint density at radius 1 is 1.38 bits per heavy atom. The van der Waals surface area contributed by atoms with Crippen molar-refractivity contribution in [1.82, 2.24) is 15.3 Å². The number of nitrogens with one attached hydrogen (secondary N) is 1. The van der Waals surface area contributed by atoms with E-state index in [-0.39, 0.29) is 6.04 Å². The van der Waals surface area contributed by atoms with Gasteiger partial charge in [-0.2, -0.15) is 5.26 Å². The van der Waals surface area contributed by atoms with Crippen LogP contribution in [0.5, 0.6) is 0 Å². The average molecular weight is 216 g/mol. The molecule has 0 aromatic carbocycles. The van der Waals surface area contributed by atoms with Crippen molar-refractivity contribution < 1.29 is 0 Å². The molecule has 4 nitrogen and oxygen atoms in total. The first-order valence-electron chi connectivity index (χ1n) is 5.74. The number of nitrogens with zero attached hydrogens (tertiary/aromatic N) is 3. The highest BCUT2D eigenvalue weighted by Crippen LogP contribution is 2.21. The van der Waals surface area contributed by atoms with Crippen LogP contribution >= 0.6 is 0 Å². The fraction of sp³-hybridized carbons (Fsp3) is 0.583. The van der Waals surface area contributed by atoms with E-state index in [1.807, 2.05) is 6.92 Å². The van der Waals surface area contributed by atoms with Crippen molar-refractivity contribution in [2.75, 3.05) is 0 Å². The first-order valence-corrected chi connectivity index (χ1v) is 5.74. The largest absolute Gasteiger partial charge is 0.295 e. The molecule has 1 aliphatic carbocycles. The summed E-state index contributed by atoms with van der Waals surface area (Å²) in [7, 11) is 0. The minimum absolute atomic E-state index is 0.274. The normalized spacial score (nSPS) is 18.2. The Morgan fingerprint density at radius 2 is 2.00 bits per heavy atom. The molecule has 0 bridgehead atoms. The lowest BCUT2D eigenvalue weighted by Crippen LogP contribution is -2.30. The van der Waals surface area contributed by atoms with Crippen molar-refractivity contribution in [3.05, 3.63) is 23.8 Å². The molecule has 1 N–H and O–H groups in total. The quantitative estimate of drug-likeness (QED) is 0.838. The van der Waals surface area contributed by atoms with Crippen LogP contribution in [0.1, 0.15) is 43.1 Å². The summed E-state index contributed by atoms with van der Waals surface area (Å²) in [6, 6.07) is 2.48. The maximum absolute atomic E-state index is 9.14. The Labute approximate surface area is 95.7 Å². The van der Waals surface area contributed by atoms with Crippen LogP contribution in [0.15, 0.2) is 12.4 Å². The zero-order valence-electron chi connectivity index (χ0n) is 9.48. The smallest absolute Gasteiger partial charge is 0.125 e. The molecule has 0 saturated heterocycles. The summed E-state index contributed by atoms with van der Waals surface area (Å²) in [6.07, 6.45) is 8.34. The second-order valence-corrected chi connectivity index (χ2v) is 4.27. The van der Waals surface area contributed by atoms with Crippen LogP contribution in [0.2, 0.25) is 0 Å². The van der Waals surface area contributed by atoms with Gasteiger partial charge in [0.2, 0.25) is 0 Å². The van der Waals surface area contributed by atoms with Gasteiger partial charge in [0, 0.05) is 24.0 Å². The molecule has 1 atom stereocenters. The van der Waals surface area contributed by atoms with Crippen LogP contribution in [0, 0.1) is 18.3 Å². The lowest BCUT2D eigenvalue weighted by atomic mass is 10.1. The second-order valence-electron chi connectivity index (χ2n) is 4.27. The van der Waals surface area contributed by atoms with E-state index in [9.17, 15) is 0 Å². The third kappa shape index (κ3) is 2.56. The van der Waals surface area contributed by atoms with E-state index < -0.39 is 0 Å². The Balaban J connectivity index is 2.04. The van der Waals surface area contributed by atoms with Crippen LogP contribution in [-0.2, 0) is 0 Å². The molecule has 1 aromatic heterocycles. The van der Waals surface area contributed by atoms with E-state index in [0.29, 0.717) is 6.04 Å². The molecule has 2 rings (SSSR count). The molecule has 1 saturated carbocycles. The highest BCUT2D eigenvalue weighted by Gasteiger charge is 2.20. The fourth-order valence-corrected chi connectivity index (χ4v) is 2.09. The third-order valence-electron chi connectivity index (χ3n) is 3.02. The minimum atomic E-state index is -0.274. The Hall–Kier alpha value is -1.47. The zero-order chi connectivity index (χ0) is 11.4. The van der Waals surface area contributed by atoms with Gasteiger partial charge in [-0.25, -0.2) is 9.97 Å². The molecular formula is C12H16N4. The molecule has 1 aliphatic rings. The molecule has 4 heteroatoms. The van der Waals surface area contributed by atoms with E-state index in [0.717, 1.165) is 11.4 Å². The van der Waals surface area contributed by atoms with Crippen molar-refractivity contribution in [2.45, 2.75) is 44.7 Å². The number of hydrogen-bond acceptors (Lipinski definition) is 4. The van der Waals surface area contributed by atoms with Gasteiger partial charge >= 0.3 is 0 Å². The SMILES string of the molecule is Cc1ncc(C(C#N)NC2CCCC2)cn1. The summed E-state index contributed by atoms with van der Waals surface area (Å²) in [5.74, 6) is 0.737. The van der Waals surface area contributed by atoms with Crippen LogP contribution in [0.25, 0.3) is 0 Å². The van der Waals surface area contributed by atoms with Gasteiger partial charge < -0.3 is 0 Å². The van der Waals surface area contributed by atoms with Gasteiger partial charge in [-0.05, 0) is 19.8 Å². The molecule has 0 aliphatic heterocycles. The number of hydrogen-bond donors (Lipinski definition) is 1. The predicted octanol–water partition coefficient (Wildman–Crippen LogP) is 1.88. The van der Waals surface area contributed by atoms with Gasteiger partial charge in [0.05, 0.1) is 6.07 Å². The highest BCUT2D eigenvalue weighted by atomic mass is 15.0. The van der Waals surface area contributed by atoms with E-state index in [4.69, 9.17) is 5.26 Å². The zero-order valence-corrected chi connectivity index (χ0v) is 9.48. The lowest BCUT2D eigenvalue weighted by Gasteiger charge is -2.16. The van der Waals surface area contributed by atoms with E-state index in [2.05, 4.69) is 21.4 Å². The second kappa shape index (κ2) is 5.04. The predicted molar refractivity (Wildman–Crippen MR) is 60.5 cm³/mol. The molecule has 1 unspecified atom stereocenters. The summed E-state index contributed by atoms with van der Waals surface area (Å²) in [4.78, 5) is 8.24. The van der Waals surface area contributed by atoms with Crippen LogP contribution in [0.3, 0.4) is 0 Å². The molecule has 0 amide bonds. The molecule has 16 heavy (non-hydrogen) atoms. The Kier molecular flexibility index (Phi) is 3.47. The monoisotopic (exact) mass is 216 g/mol. The molecule has 1 aromatic rings. The minimum Gasteiger partial charge on any atom is -0.295 e. The topological polar surface area (TPSA) is 61.6 Å². The number of aryl methyl sites for hydroxylation is 1. The van der Waals surface area contributed by atoms with Crippen LogP contribution in [-0.4, -0.2) is 16.0 Å². The summed E-state index contributed by atoms with van der Waals surface area (Å²) in [6.45, 7) is 1.84. The molecule has 0 spiro atoms. The summed E-state index contributed by atoms with van der Waals surface area (Å²) in [5, 5.41) is 12.5. The molecule has 0 radical (unpaired) electrons. The summed E-state index contributed by atoms with van der Waals surface area (Å²) >= 11 is 0. The van der Waals surface area contributed by atoms with E-state index >= 15 is 0 Å². The number of aromatic nitrogens is 2. The maximum atomic E-state index is 9.14. The standard InChI is InChI=1S/C12H16N4/c1-9-14-7-10(8-15-9)12(6-13)16-11-4-2-3-5-11/h7-8,11-12,16H,2-5H2,1H3. The van der Waals surface area contributed by atoms with Crippen LogP contribution < -0.4 is 5.32 Å². The van der Waals surface area contributed by atoms with Gasteiger partial charge in [0.15, 0.2) is 0 Å². The van der Waals surface area contributed by atoms with Crippen molar-refractivity contribution in [3.63, 3.8) is 0 Å². The van der Waals surface area contributed by atoms with Crippen molar-refractivity contribution in [2.24, 2.45) is 0 Å². The lowest BCUT2D eigenvalue weighted by molar-refractivity contribution is 0.490. The highest BCUT2D eigenvalue weighted by molar-refractivity contribution is 5.18. The van der Waals surface area contributed by atoms with Crippen molar-refractivity contribution in [3.8, 4) is 6.07 Å². The maximum Gasteiger partial charge on any atom is 0.125 e. The van der Waals surface area contributed by atoms with Gasteiger partial charge in [-0.3, -0.25) is 5.32 Å². The molecule has 84 valence electrons. The van der Waals surface area contributed by atoms with Crippen molar-refractivity contribution in [1.29, 1.82) is 5.26 Å². The first kappa shape index (κ1) is 11.0. The van der Waals surface area contributed by atoms with Gasteiger partial charge in [-0.1, -0.05) is 12.8 Å². The molecule has 1 heterocycles. The van der Waals surface area contributed by atoms with Gasteiger partial charge in [-0.15, -0.1) is 0 Å². The number of rotatable bonds is 3. The van der Waals surface area contributed by atoms with Gasteiger partial charge in [0.25, 0.3) is 0 Å². The van der Waals surface area contributed by atoms with E-state index in [1.165, 1.54) is 25.7 Å². The first-order chi connectivity index (χ1) is 7.79.